The van der Waals surface area contributed by atoms with E-state index in [9.17, 15) is 9.59 Å². The molecule has 0 saturated carbocycles. The number of ketones is 2. The van der Waals surface area contributed by atoms with Crippen LogP contribution in [0.4, 0.5) is 0 Å². The molecular weight excluding hydrogens is 388 g/mol. The summed E-state index contributed by atoms with van der Waals surface area (Å²) in [7, 11) is 0. The maximum absolute atomic E-state index is 13.0. The molecule has 6 heteroatoms. The predicted octanol–water partition coefficient (Wildman–Crippen LogP) is 4.08. The second kappa shape index (κ2) is 9.26. The van der Waals surface area contributed by atoms with Crippen molar-refractivity contribution in [2.75, 3.05) is 0 Å². The van der Waals surface area contributed by atoms with Gasteiger partial charge in [0.1, 0.15) is 5.69 Å². The number of nitrogens with zero attached hydrogens (tertiary/aromatic N) is 4. The van der Waals surface area contributed by atoms with Crippen LogP contribution < -0.4 is 0 Å². The standard InChI is InChI=1S/C25H22N4O2/c1-18-7-8-26-23(11-18)25(31)16-24(30)22-14-20(12-19-5-3-2-4-6-19)13-21(15-22)17-29-10-9-27-28-29/h2-11,13-15H,12,16-17H2,1H3. The highest BCUT2D eigenvalue weighted by atomic mass is 16.1. The third kappa shape index (κ3) is 5.36. The molecule has 0 spiro atoms. The highest BCUT2D eigenvalue weighted by molar-refractivity contribution is 6.13. The number of pyridine rings is 1. The number of aryl methyl sites for hydroxylation is 1. The second-order valence-corrected chi connectivity index (χ2v) is 7.54. The van der Waals surface area contributed by atoms with Gasteiger partial charge in [0.2, 0.25) is 0 Å². The van der Waals surface area contributed by atoms with Crippen molar-refractivity contribution in [2.45, 2.75) is 26.3 Å². The average Bonchev–Trinajstić information content (AvgIpc) is 3.27. The summed E-state index contributed by atoms with van der Waals surface area (Å²) in [5.41, 5.74) is 4.86. The number of carbonyl (C=O) groups is 2. The summed E-state index contributed by atoms with van der Waals surface area (Å²) in [6.07, 6.45) is 5.46. The van der Waals surface area contributed by atoms with E-state index in [1.54, 1.807) is 29.3 Å². The van der Waals surface area contributed by atoms with Crippen LogP contribution in [0.5, 0.6) is 0 Å². The first-order valence-corrected chi connectivity index (χ1v) is 10.1. The van der Waals surface area contributed by atoms with E-state index in [1.165, 1.54) is 0 Å². The minimum Gasteiger partial charge on any atom is -0.294 e. The monoisotopic (exact) mass is 410 g/mol. The Kier molecular flexibility index (Phi) is 6.08. The lowest BCUT2D eigenvalue weighted by atomic mass is 9.96. The summed E-state index contributed by atoms with van der Waals surface area (Å²) in [4.78, 5) is 29.7. The molecule has 0 saturated heterocycles. The molecular formula is C25H22N4O2. The largest absolute Gasteiger partial charge is 0.294 e. The molecule has 2 heterocycles. The number of aromatic nitrogens is 4. The Hall–Kier alpha value is -3.93. The lowest BCUT2D eigenvalue weighted by Gasteiger charge is -2.10. The predicted molar refractivity (Wildman–Crippen MR) is 117 cm³/mol. The zero-order valence-electron chi connectivity index (χ0n) is 17.2. The van der Waals surface area contributed by atoms with Crippen LogP contribution in [-0.2, 0) is 13.0 Å². The van der Waals surface area contributed by atoms with Crippen LogP contribution in [0.3, 0.4) is 0 Å². The summed E-state index contributed by atoms with van der Waals surface area (Å²) in [5.74, 6) is -0.497. The summed E-state index contributed by atoms with van der Waals surface area (Å²) < 4.78 is 1.71. The van der Waals surface area contributed by atoms with Crippen LogP contribution in [0.1, 0.15) is 49.5 Å². The molecule has 0 radical (unpaired) electrons. The normalized spacial score (nSPS) is 10.7. The van der Waals surface area contributed by atoms with Crippen molar-refractivity contribution in [1.82, 2.24) is 20.0 Å². The molecule has 2 aromatic heterocycles. The van der Waals surface area contributed by atoms with Crippen LogP contribution in [0.2, 0.25) is 0 Å². The van der Waals surface area contributed by atoms with Crippen LogP contribution in [-0.4, -0.2) is 31.5 Å². The highest BCUT2D eigenvalue weighted by Gasteiger charge is 2.16. The van der Waals surface area contributed by atoms with Crippen molar-refractivity contribution in [3.63, 3.8) is 0 Å². The third-order valence-corrected chi connectivity index (χ3v) is 4.96. The second-order valence-electron chi connectivity index (χ2n) is 7.54. The minimum absolute atomic E-state index is 0.214. The fourth-order valence-corrected chi connectivity index (χ4v) is 3.48. The van der Waals surface area contributed by atoms with Crippen LogP contribution >= 0.6 is 0 Å². The molecule has 4 aromatic rings. The topological polar surface area (TPSA) is 77.7 Å². The molecule has 0 amide bonds. The van der Waals surface area contributed by atoms with E-state index in [-0.39, 0.29) is 18.0 Å². The molecule has 0 atom stereocenters. The van der Waals surface area contributed by atoms with Gasteiger partial charge in [-0.1, -0.05) is 41.6 Å². The van der Waals surface area contributed by atoms with Gasteiger partial charge in [-0.3, -0.25) is 14.6 Å². The SMILES string of the molecule is Cc1ccnc(C(=O)CC(=O)c2cc(Cc3ccccc3)cc(Cn3ccnn3)c2)c1. The maximum Gasteiger partial charge on any atom is 0.188 e. The molecule has 0 unspecified atom stereocenters. The molecule has 0 bridgehead atoms. The Morgan fingerprint density at radius 2 is 1.68 bits per heavy atom. The number of benzene rings is 2. The first-order chi connectivity index (χ1) is 15.1. The van der Waals surface area contributed by atoms with Gasteiger partial charge in [-0.2, -0.15) is 0 Å². The van der Waals surface area contributed by atoms with Crippen molar-refractivity contribution in [3.8, 4) is 0 Å². The molecule has 0 aliphatic rings. The van der Waals surface area contributed by atoms with Gasteiger partial charge in [-0.05, 0) is 59.9 Å². The van der Waals surface area contributed by atoms with Crippen LogP contribution in [0, 0.1) is 6.92 Å². The van der Waals surface area contributed by atoms with Gasteiger partial charge in [-0.25, -0.2) is 4.68 Å². The first-order valence-electron chi connectivity index (χ1n) is 10.1. The first kappa shape index (κ1) is 20.3. The zero-order valence-corrected chi connectivity index (χ0v) is 17.2. The van der Waals surface area contributed by atoms with E-state index in [0.29, 0.717) is 24.2 Å². The van der Waals surface area contributed by atoms with Crippen molar-refractivity contribution in [1.29, 1.82) is 0 Å². The Labute approximate surface area is 180 Å². The van der Waals surface area contributed by atoms with Crippen molar-refractivity contribution in [3.05, 3.63) is 113 Å². The Bertz CT molecular complexity index is 1200. The Balaban J connectivity index is 1.60. The Morgan fingerprint density at radius 1 is 0.871 bits per heavy atom. The molecule has 0 fully saturated rings. The van der Waals surface area contributed by atoms with Gasteiger partial charge in [-0.15, -0.1) is 5.10 Å². The van der Waals surface area contributed by atoms with E-state index in [2.05, 4.69) is 33.5 Å². The fourth-order valence-electron chi connectivity index (χ4n) is 3.48. The lowest BCUT2D eigenvalue weighted by Crippen LogP contribution is -2.12. The summed E-state index contributed by atoms with van der Waals surface area (Å²) in [6.45, 7) is 2.39. The molecule has 4 rings (SSSR count). The van der Waals surface area contributed by atoms with Gasteiger partial charge in [0.05, 0.1) is 19.2 Å². The number of carbonyl (C=O) groups excluding carboxylic acids is 2. The fraction of sp³-hybridized carbons (Fsp3) is 0.160. The summed E-state index contributed by atoms with van der Waals surface area (Å²) >= 11 is 0. The smallest absolute Gasteiger partial charge is 0.188 e. The van der Waals surface area contributed by atoms with E-state index in [4.69, 9.17) is 0 Å². The number of hydrogen-bond acceptors (Lipinski definition) is 5. The third-order valence-electron chi connectivity index (χ3n) is 4.96. The highest BCUT2D eigenvalue weighted by Crippen LogP contribution is 2.18. The van der Waals surface area contributed by atoms with Crippen LogP contribution in [0.15, 0.2) is 79.3 Å². The van der Waals surface area contributed by atoms with Gasteiger partial charge < -0.3 is 0 Å². The molecule has 0 aliphatic carbocycles. The van der Waals surface area contributed by atoms with Crippen LogP contribution in [0.25, 0.3) is 0 Å². The average molecular weight is 410 g/mol. The van der Waals surface area contributed by atoms with Crippen molar-refractivity contribution in [2.24, 2.45) is 0 Å². The van der Waals surface area contributed by atoms with E-state index in [0.717, 1.165) is 22.3 Å². The van der Waals surface area contributed by atoms with Gasteiger partial charge in [0, 0.05) is 18.0 Å². The zero-order chi connectivity index (χ0) is 21.6. The van der Waals surface area contributed by atoms with E-state index in [1.807, 2.05) is 43.3 Å². The molecule has 0 aliphatic heterocycles. The lowest BCUT2D eigenvalue weighted by molar-refractivity contribution is 0.0891. The maximum atomic E-state index is 13.0. The molecule has 6 nitrogen and oxygen atoms in total. The molecule has 154 valence electrons. The van der Waals surface area contributed by atoms with Gasteiger partial charge in [0.15, 0.2) is 11.6 Å². The number of hydrogen-bond donors (Lipinski definition) is 0. The van der Waals surface area contributed by atoms with E-state index < -0.39 is 0 Å². The number of Topliss-reactive ketones (excluding diaryl/α,β-unsaturated/α-hetero) is 2. The molecule has 2 aromatic carbocycles. The quantitative estimate of drug-likeness (QED) is 0.323. The van der Waals surface area contributed by atoms with Crippen molar-refractivity contribution < 1.29 is 9.59 Å². The summed E-state index contributed by atoms with van der Waals surface area (Å²) in [5, 5.41) is 7.86. The minimum atomic E-state index is -0.278. The molecule has 0 N–H and O–H groups in total. The number of rotatable bonds is 8. The summed E-state index contributed by atoms with van der Waals surface area (Å²) in [6, 6.07) is 19.4. The van der Waals surface area contributed by atoms with E-state index >= 15 is 0 Å². The molecule has 31 heavy (non-hydrogen) atoms. The Morgan fingerprint density at radius 3 is 2.42 bits per heavy atom. The van der Waals surface area contributed by atoms with Crippen molar-refractivity contribution >= 4 is 11.6 Å². The van der Waals surface area contributed by atoms with Gasteiger partial charge in [0.25, 0.3) is 0 Å². The van der Waals surface area contributed by atoms with Gasteiger partial charge >= 0.3 is 0 Å².